The van der Waals surface area contributed by atoms with Gasteiger partial charge in [-0.2, -0.15) is 0 Å². The van der Waals surface area contributed by atoms with Crippen molar-refractivity contribution in [1.29, 1.82) is 0 Å². The van der Waals surface area contributed by atoms with Crippen LogP contribution in [-0.2, 0) is 4.79 Å². The molecule has 1 saturated heterocycles. The summed E-state index contributed by atoms with van der Waals surface area (Å²) in [7, 11) is 1.78. The molecular weight excluding hydrogens is 371 g/mol. The predicted molar refractivity (Wildman–Crippen MR) is 97.1 cm³/mol. The van der Waals surface area contributed by atoms with Crippen LogP contribution in [0.4, 0.5) is 13.2 Å². The van der Waals surface area contributed by atoms with Crippen LogP contribution in [0.3, 0.4) is 0 Å². The molecular formula is C20H18F3N3O2. The Kier molecular flexibility index (Phi) is 4.36. The second-order valence-corrected chi connectivity index (χ2v) is 7.07. The standard InChI is InChI=1S/C20H18F3N3O2/c1-26-10-8-19(18(26)27)7-5-16(25-19)17-12-14(6-9-24-17)13-3-2-4-15(11-13)28-20(21,22)23/h2-4,6,9,11-12H,5,7-8,10H2,1H3/t19-/m0/s1. The number of rotatable bonds is 3. The molecule has 1 spiro atoms. The van der Waals surface area contributed by atoms with Crippen molar-refractivity contribution in [3.05, 3.63) is 48.3 Å². The second kappa shape index (κ2) is 6.61. The molecule has 8 heteroatoms. The quantitative estimate of drug-likeness (QED) is 0.802. The number of hydrogen-bond acceptors (Lipinski definition) is 4. The summed E-state index contributed by atoms with van der Waals surface area (Å²) in [5, 5.41) is 0. The fourth-order valence-corrected chi connectivity index (χ4v) is 3.77. The van der Waals surface area contributed by atoms with E-state index in [0.717, 1.165) is 5.71 Å². The molecule has 1 fully saturated rings. The highest BCUT2D eigenvalue weighted by atomic mass is 19.4. The lowest BCUT2D eigenvalue weighted by Crippen LogP contribution is -2.35. The summed E-state index contributed by atoms with van der Waals surface area (Å²) >= 11 is 0. The summed E-state index contributed by atoms with van der Waals surface area (Å²) in [5.74, 6) is -0.240. The van der Waals surface area contributed by atoms with Crippen molar-refractivity contribution in [2.24, 2.45) is 4.99 Å². The molecule has 0 unspecified atom stereocenters. The molecule has 1 aromatic carbocycles. The maximum Gasteiger partial charge on any atom is 0.573 e. The van der Waals surface area contributed by atoms with E-state index in [1.54, 1.807) is 36.3 Å². The van der Waals surface area contributed by atoms with Crippen LogP contribution in [0.15, 0.2) is 47.6 Å². The molecule has 5 nitrogen and oxygen atoms in total. The normalized spacial score (nSPS) is 22.1. The van der Waals surface area contributed by atoms with Gasteiger partial charge >= 0.3 is 6.36 Å². The maximum atomic E-state index is 12.5. The molecule has 3 heterocycles. The molecule has 28 heavy (non-hydrogen) atoms. The highest BCUT2D eigenvalue weighted by Crippen LogP contribution is 2.37. The molecule has 2 aliphatic rings. The minimum absolute atomic E-state index is 0.0376. The van der Waals surface area contributed by atoms with Gasteiger partial charge in [0, 0.05) is 19.8 Å². The molecule has 146 valence electrons. The van der Waals surface area contributed by atoms with Gasteiger partial charge in [0.15, 0.2) is 0 Å². The molecule has 2 aliphatic heterocycles. The summed E-state index contributed by atoms with van der Waals surface area (Å²) in [4.78, 5) is 23.2. The van der Waals surface area contributed by atoms with Gasteiger partial charge in [0.05, 0.1) is 11.4 Å². The van der Waals surface area contributed by atoms with Gasteiger partial charge in [0.25, 0.3) is 0 Å². The number of amides is 1. The lowest BCUT2D eigenvalue weighted by Gasteiger charge is -2.16. The largest absolute Gasteiger partial charge is 0.573 e. The first-order valence-corrected chi connectivity index (χ1v) is 8.93. The smallest absolute Gasteiger partial charge is 0.406 e. The Bertz CT molecular complexity index is 958. The molecule has 1 atom stereocenters. The van der Waals surface area contributed by atoms with E-state index in [-0.39, 0.29) is 11.7 Å². The molecule has 0 N–H and O–H groups in total. The molecule has 1 aromatic heterocycles. The number of hydrogen-bond donors (Lipinski definition) is 0. The summed E-state index contributed by atoms with van der Waals surface area (Å²) in [6.45, 7) is 0.690. The van der Waals surface area contributed by atoms with Gasteiger partial charge < -0.3 is 9.64 Å². The Labute approximate surface area is 159 Å². The van der Waals surface area contributed by atoms with E-state index in [1.807, 2.05) is 0 Å². The predicted octanol–water partition coefficient (Wildman–Crippen LogP) is 3.83. The zero-order valence-electron chi connectivity index (χ0n) is 15.2. The van der Waals surface area contributed by atoms with Gasteiger partial charge in [-0.1, -0.05) is 12.1 Å². The van der Waals surface area contributed by atoms with Gasteiger partial charge in [-0.15, -0.1) is 13.2 Å². The van der Waals surface area contributed by atoms with E-state index in [2.05, 4.69) is 9.72 Å². The van der Waals surface area contributed by atoms with Crippen molar-refractivity contribution in [2.75, 3.05) is 13.6 Å². The van der Waals surface area contributed by atoms with Crippen LogP contribution < -0.4 is 4.74 Å². The average Bonchev–Trinajstić information content (AvgIpc) is 3.21. The van der Waals surface area contributed by atoms with Crippen molar-refractivity contribution >= 4 is 11.6 Å². The molecule has 1 amide bonds. The van der Waals surface area contributed by atoms with Crippen LogP contribution in [0.2, 0.25) is 0 Å². The number of benzene rings is 1. The van der Waals surface area contributed by atoms with Crippen LogP contribution >= 0.6 is 0 Å². The van der Waals surface area contributed by atoms with Crippen LogP contribution in [0.1, 0.15) is 25.0 Å². The van der Waals surface area contributed by atoms with Crippen molar-refractivity contribution < 1.29 is 22.7 Å². The van der Waals surface area contributed by atoms with Gasteiger partial charge in [0.2, 0.25) is 5.91 Å². The number of aromatic nitrogens is 1. The minimum Gasteiger partial charge on any atom is -0.406 e. The SMILES string of the molecule is CN1CC[C@@]2(CCC(c3cc(-c4cccc(OC(F)(F)F)c4)ccn3)=N2)C1=O. The first-order chi connectivity index (χ1) is 13.3. The molecule has 0 radical (unpaired) electrons. The monoisotopic (exact) mass is 389 g/mol. The Balaban J connectivity index is 1.63. The number of alkyl halides is 3. The number of carbonyl (C=O) groups is 1. The lowest BCUT2D eigenvalue weighted by atomic mass is 9.95. The van der Waals surface area contributed by atoms with E-state index in [4.69, 9.17) is 4.99 Å². The van der Waals surface area contributed by atoms with Crippen molar-refractivity contribution in [2.45, 2.75) is 31.2 Å². The number of aliphatic imine (C=N–C) groups is 1. The Morgan fingerprint density at radius 2 is 1.93 bits per heavy atom. The number of carbonyl (C=O) groups excluding carboxylic acids is 1. The lowest BCUT2D eigenvalue weighted by molar-refractivity contribution is -0.274. The van der Waals surface area contributed by atoms with E-state index >= 15 is 0 Å². The van der Waals surface area contributed by atoms with Gasteiger partial charge in [0.1, 0.15) is 11.3 Å². The number of nitrogens with zero attached hydrogens (tertiary/aromatic N) is 3. The number of likely N-dealkylation sites (N-methyl/N-ethyl adjacent to an activating group) is 1. The highest BCUT2D eigenvalue weighted by Gasteiger charge is 2.48. The van der Waals surface area contributed by atoms with Crippen molar-refractivity contribution in [3.8, 4) is 16.9 Å². The summed E-state index contributed by atoms with van der Waals surface area (Å²) in [6, 6.07) is 9.30. The average molecular weight is 389 g/mol. The van der Waals surface area contributed by atoms with E-state index < -0.39 is 11.9 Å². The number of pyridine rings is 1. The highest BCUT2D eigenvalue weighted by molar-refractivity contribution is 6.05. The molecule has 2 aromatic rings. The van der Waals surface area contributed by atoms with Crippen LogP contribution in [0, 0.1) is 0 Å². The van der Waals surface area contributed by atoms with E-state index in [1.165, 1.54) is 18.2 Å². The van der Waals surface area contributed by atoms with Crippen LogP contribution in [0.25, 0.3) is 11.1 Å². The fourth-order valence-electron chi connectivity index (χ4n) is 3.77. The van der Waals surface area contributed by atoms with E-state index in [0.29, 0.717) is 42.6 Å². The first-order valence-electron chi connectivity index (χ1n) is 8.93. The van der Waals surface area contributed by atoms with Gasteiger partial charge in [-0.25, -0.2) is 0 Å². The van der Waals surface area contributed by atoms with E-state index in [9.17, 15) is 18.0 Å². The number of halogens is 3. The Morgan fingerprint density at radius 1 is 1.14 bits per heavy atom. The minimum atomic E-state index is -4.74. The third-order valence-corrected chi connectivity index (χ3v) is 5.19. The Morgan fingerprint density at radius 3 is 2.64 bits per heavy atom. The Hall–Kier alpha value is -2.90. The van der Waals surface area contributed by atoms with Crippen molar-refractivity contribution in [3.63, 3.8) is 0 Å². The fraction of sp³-hybridized carbons (Fsp3) is 0.350. The first kappa shape index (κ1) is 18.5. The third-order valence-electron chi connectivity index (χ3n) is 5.19. The number of likely N-dealkylation sites (tertiary alicyclic amines) is 1. The molecule has 0 aliphatic carbocycles. The second-order valence-electron chi connectivity index (χ2n) is 7.07. The summed E-state index contributed by atoms with van der Waals surface area (Å²) in [5.41, 5.74) is 2.00. The zero-order chi connectivity index (χ0) is 19.9. The molecule has 0 saturated carbocycles. The summed E-state index contributed by atoms with van der Waals surface area (Å²) in [6.07, 6.45) is -1.14. The van der Waals surface area contributed by atoms with Crippen LogP contribution in [0.5, 0.6) is 5.75 Å². The topological polar surface area (TPSA) is 54.8 Å². The van der Waals surface area contributed by atoms with Gasteiger partial charge in [-0.3, -0.25) is 14.8 Å². The summed E-state index contributed by atoms with van der Waals surface area (Å²) < 4.78 is 41.4. The third kappa shape index (κ3) is 3.46. The molecule has 4 rings (SSSR count). The zero-order valence-corrected chi connectivity index (χ0v) is 15.2. The molecule has 0 bridgehead atoms. The maximum absolute atomic E-state index is 12.5. The van der Waals surface area contributed by atoms with Crippen molar-refractivity contribution in [1.82, 2.24) is 9.88 Å². The van der Waals surface area contributed by atoms with Crippen LogP contribution in [-0.4, -0.2) is 47.0 Å². The number of ether oxygens (including phenoxy) is 1. The van der Waals surface area contributed by atoms with Gasteiger partial charge in [-0.05, 0) is 54.7 Å².